The number of hydrogen-bond donors (Lipinski definition) is 3. The lowest BCUT2D eigenvalue weighted by atomic mass is 9.65. The van der Waals surface area contributed by atoms with Gasteiger partial charge in [-0.25, -0.2) is 19.2 Å². The molecule has 340 valence electrons. The number of fused-ring (bicyclic) bond motifs is 4. The molecule has 67 heavy (non-hydrogen) atoms. The number of rotatable bonds is 11. The number of hydrogen-bond acceptors (Lipinski definition) is 12. The van der Waals surface area contributed by atoms with Crippen LogP contribution in [0.15, 0.2) is 127 Å². The fourth-order valence-corrected chi connectivity index (χ4v) is 10.1. The first-order chi connectivity index (χ1) is 32.5. The first-order valence-electron chi connectivity index (χ1n) is 21.8. The zero-order valence-corrected chi connectivity index (χ0v) is 36.8. The van der Waals surface area contributed by atoms with Gasteiger partial charge < -0.3 is 30.4 Å². The maximum Gasteiger partial charge on any atom is 0.329 e. The number of anilines is 1. The van der Waals surface area contributed by atoms with Crippen molar-refractivity contribution in [2.45, 2.75) is 56.1 Å². The van der Waals surface area contributed by atoms with Crippen molar-refractivity contribution in [3.63, 3.8) is 0 Å². The number of carbonyl (C=O) groups excluding carboxylic acids is 5. The van der Waals surface area contributed by atoms with E-state index in [-0.39, 0.29) is 36.8 Å². The van der Waals surface area contributed by atoms with E-state index in [1.165, 1.54) is 7.11 Å². The highest BCUT2D eigenvalue weighted by molar-refractivity contribution is 6.25. The number of imide groups is 1. The minimum atomic E-state index is -2.18. The van der Waals surface area contributed by atoms with Crippen LogP contribution in [0.25, 0.3) is 11.0 Å². The second kappa shape index (κ2) is 18.2. The van der Waals surface area contributed by atoms with Gasteiger partial charge in [-0.3, -0.25) is 19.3 Å². The number of methoxy groups -OCH3 is 1. The summed E-state index contributed by atoms with van der Waals surface area (Å²) < 4.78 is 19.3. The number of urea groups is 1. The predicted octanol–water partition coefficient (Wildman–Crippen LogP) is 4.91. The van der Waals surface area contributed by atoms with Crippen molar-refractivity contribution in [2.75, 3.05) is 25.2 Å². The first kappa shape index (κ1) is 44.3. The Morgan fingerprint density at radius 1 is 0.896 bits per heavy atom. The molecule has 16 heteroatoms. The molecule has 2 saturated heterocycles. The molecule has 4 amide bonds. The van der Waals surface area contributed by atoms with E-state index in [9.17, 15) is 19.5 Å². The second-order valence-electron chi connectivity index (χ2n) is 16.9. The number of aliphatic hydroxyl groups is 1. The van der Waals surface area contributed by atoms with Gasteiger partial charge in [0.25, 0.3) is 0 Å². The van der Waals surface area contributed by atoms with Gasteiger partial charge in [0.05, 0.1) is 42.9 Å². The van der Waals surface area contributed by atoms with Crippen LogP contribution in [0.2, 0.25) is 0 Å². The fourth-order valence-electron chi connectivity index (χ4n) is 10.1. The molecule has 4 heterocycles. The number of morpholine rings is 1. The summed E-state index contributed by atoms with van der Waals surface area (Å²) in [7, 11) is 1.20. The van der Waals surface area contributed by atoms with Gasteiger partial charge in [-0.15, -0.1) is 5.10 Å². The molecule has 3 aliphatic heterocycles. The number of cyclic esters (lactones) is 1. The van der Waals surface area contributed by atoms with Crippen LogP contribution in [-0.2, 0) is 40.6 Å². The quantitative estimate of drug-likeness (QED) is 0.117. The smallest absolute Gasteiger partial charge is 0.329 e. The van der Waals surface area contributed by atoms with E-state index in [2.05, 4.69) is 27.5 Å². The minimum Gasteiger partial charge on any atom is -0.491 e. The number of benzene rings is 5. The summed E-state index contributed by atoms with van der Waals surface area (Å²) in [5, 5.41) is 21.2. The Labute approximate surface area is 385 Å². The molecule has 1 aromatic heterocycles. The third-order valence-electron chi connectivity index (χ3n) is 12.8. The molecule has 6 aromatic rings. The molecule has 4 N–H and O–H groups in total. The first-order valence-corrected chi connectivity index (χ1v) is 21.8. The molecular weight excluding hydrogens is 855 g/mol. The average Bonchev–Trinajstić information content (AvgIpc) is 3.98. The molecule has 7 atom stereocenters. The van der Waals surface area contributed by atoms with Gasteiger partial charge in [0, 0.05) is 11.1 Å². The number of aromatic nitrogens is 3. The molecule has 16 nitrogen and oxygen atoms in total. The number of primary amides is 1. The standard InChI is InChI=1S/C51H47N7O9/c1-30(2)41(47(61)65-3)53-50(64)57-37-25-24-31(15-14-26-56-38-22-12-11-21-36(38)54-55-56)29-35(37)51(49(57)63)40(46(52)60)43-48(62)67-44(33-18-8-5-9-19-33)42(32-16-6-4-7-17-32)58(43)45(51)34-20-10-13-23-39(34)66-28-27-59/h4-13,16-25,29-30,40-45,59H,26-28H2,1-3H3,(H2,52,60)(H,53,64)/t40-,41-,42-,43-,44+,45+,51-/m0/s1. The van der Waals surface area contributed by atoms with Gasteiger partial charge in [-0.2, -0.15) is 0 Å². The number of nitrogens with zero attached hydrogens (tertiary/aromatic N) is 5. The summed E-state index contributed by atoms with van der Waals surface area (Å²) in [6, 6.07) is 31.7. The molecule has 3 aliphatic rings. The van der Waals surface area contributed by atoms with Crippen LogP contribution < -0.4 is 20.7 Å². The molecule has 0 aliphatic carbocycles. The summed E-state index contributed by atoms with van der Waals surface area (Å²) in [4.78, 5) is 76.8. The van der Waals surface area contributed by atoms with Crippen LogP contribution in [0.1, 0.15) is 59.9 Å². The maximum atomic E-state index is 16.3. The Hall–Kier alpha value is -7.87. The van der Waals surface area contributed by atoms with Gasteiger partial charge in [-0.05, 0) is 59.0 Å². The van der Waals surface area contributed by atoms with E-state index in [0.29, 0.717) is 27.8 Å². The lowest BCUT2D eigenvalue weighted by Crippen LogP contribution is -2.57. The summed E-state index contributed by atoms with van der Waals surface area (Å²) in [5.41, 5.74) is 8.13. The number of carbonyl (C=O) groups is 5. The molecule has 2 fully saturated rings. The number of para-hydroxylation sites is 2. The third kappa shape index (κ3) is 7.51. The molecule has 0 unspecified atom stereocenters. The van der Waals surface area contributed by atoms with Gasteiger partial charge >= 0.3 is 18.0 Å². The van der Waals surface area contributed by atoms with Crippen molar-refractivity contribution in [3.8, 4) is 17.6 Å². The minimum absolute atomic E-state index is 0.0665. The molecule has 0 radical (unpaired) electrons. The molecule has 0 saturated carbocycles. The van der Waals surface area contributed by atoms with Gasteiger partial charge in [-0.1, -0.05) is 122 Å². The number of aliphatic hydroxyl groups excluding tert-OH is 1. The highest BCUT2D eigenvalue weighted by atomic mass is 16.6. The van der Waals surface area contributed by atoms with Crippen LogP contribution in [0, 0.1) is 23.7 Å². The monoisotopic (exact) mass is 901 g/mol. The zero-order chi connectivity index (χ0) is 47.0. The zero-order valence-electron chi connectivity index (χ0n) is 36.8. The summed E-state index contributed by atoms with van der Waals surface area (Å²) >= 11 is 0. The Morgan fingerprint density at radius 2 is 1.58 bits per heavy atom. The van der Waals surface area contributed by atoms with E-state index < -0.39 is 77.3 Å². The summed E-state index contributed by atoms with van der Waals surface area (Å²) in [6.45, 7) is 3.08. The Kier molecular flexibility index (Phi) is 12.0. The number of nitrogens with two attached hydrogens (primary N) is 1. The van der Waals surface area contributed by atoms with Gasteiger partial charge in [0.2, 0.25) is 11.8 Å². The lowest BCUT2D eigenvalue weighted by molar-refractivity contribution is -0.178. The SMILES string of the molecule is COC(=O)[C@@H](NC(=O)N1C(=O)[C@@]2(c3cc(C#CCn4nnc5ccccc54)ccc31)[C@H](C(N)=O)[C@H]1C(=O)O[C@H](c3ccccc3)[C@H](c3ccccc3)N1[C@@H]2c1ccccc1OCCO)C(C)C. The number of ether oxygens (including phenoxy) is 3. The topological polar surface area (TPSA) is 209 Å². The van der Waals surface area contributed by atoms with Crippen molar-refractivity contribution < 1.29 is 43.3 Å². The predicted molar refractivity (Wildman–Crippen MR) is 244 cm³/mol. The van der Waals surface area contributed by atoms with E-state index in [0.717, 1.165) is 10.4 Å². The summed E-state index contributed by atoms with van der Waals surface area (Å²) in [5.74, 6) is 0.940. The van der Waals surface area contributed by atoms with Gasteiger partial charge in [0.1, 0.15) is 48.0 Å². The normalized spacial score (nSPS) is 22.4. The van der Waals surface area contributed by atoms with E-state index in [4.69, 9.17) is 19.9 Å². The van der Waals surface area contributed by atoms with Gasteiger partial charge in [0.15, 0.2) is 0 Å². The Bertz CT molecular complexity index is 2950. The van der Waals surface area contributed by atoms with Crippen LogP contribution in [0.4, 0.5) is 10.5 Å². The highest BCUT2D eigenvalue weighted by Crippen LogP contribution is 2.66. The van der Waals surface area contributed by atoms with Crippen molar-refractivity contribution in [3.05, 3.63) is 155 Å². The highest BCUT2D eigenvalue weighted by Gasteiger charge is 2.75. The Balaban J connectivity index is 1.32. The summed E-state index contributed by atoms with van der Waals surface area (Å²) in [6.07, 6.45) is -0.976. The number of amides is 4. The van der Waals surface area contributed by atoms with Crippen molar-refractivity contribution in [1.82, 2.24) is 25.2 Å². The average molecular weight is 902 g/mol. The lowest BCUT2D eigenvalue weighted by Gasteiger charge is -2.46. The Morgan fingerprint density at radius 3 is 2.28 bits per heavy atom. The van der Waals surface area contributed by atoms with E-state index >= 15 is 9.59 Å². The molecule has 9 rings (SSSR count). The van der Waals surface area contributed by atoms with Crippen molar-refractivity contribution in [1.29, 1.82) is 0 Å². The second-order valence-corrected chi connectivity index (χ2v) is 16.9. The van der Waals surface area contributed by atoms with Crippen LogP contribution >= 0.6 is 0 Å². The van der Waals surface area contributed by atoms with Crippen molar-refractivity contribution >= 4 is 46.5 Å². The maximum absolute atomic E-state index is 16.3. The fraction of sp³-hybridized carbons (Fsp3) is 0.275. The molecular formula is C51H47N7O9. The molecule has 0 bridgehead atoms. The van der Waals surface area contributed by atoms with E-state index in [1.54, 1.807) is 61.0 Å². The van der Waals surface area contributed by atoms with Crippen LogP contribution in [-0.4, -0.2) is 87.2 Å². The molecule has 5 aromatic carbocycles. The number of nitrogens with one attached hydrogen (secondary N) is 1. The molecule has 1 spiro atoms. The number of esters is 2. The van der Waals surface area contributed by atoms with E-state index in [1.807, 2.05) is 89.8 Å². The van der Waals surface area contributed by atoms with Crippen LogP contribution in [0.3, 0.4) is 0 Å². The third-order valence-corrected chi connectivity index (χ3v) is 12.8. The van der Waals surface area contributed by atoms with Crippen molar-refractivity contribution in [2.24, 2.45) is 17.6 Å². The van der Waals surface area contributed by atoms with Crippen LogP contribution in [0.5, 0.6) is 5.75 Å². The largest absolute Gasteiger partial charge is 0.491 e.